The third-order valence-corrected chi connectivity index (χ3v) is 10.6. The number of carbonyl (C=O) groups is 5. The number of ketones is 2. The molecule has 5 aliphatic rings. The lowest BCUT2D eigenvalue weighted by molar-refractivity contribution is -0.161. The van der Waals surface area contributed by atoms with Gasteiger partial charge >= 0.3 is 17.7 Å². The van der Waals surface area contributed by atoms with Crippen LogP contribution in [0.4, 0.5) is 0 Å². The van der Waals surface area contributed by atoms with Crippen LogP contribution in [0.25, 0.3) is 0 Å². The lowest BCUT2D eigenvalue weighted by Gasteiger charge is -2.38. The number of Topliss-reactive ketones (excluding diaryl/α,β-unsaturated/α-hetero) is 2. The van der Waals surface area contributed by atoms with Crippen molar-refractivity contribution in [3.8, 4) is 11.5 Å². The lowest BCUT2D eigenvalue weighted by Crippen LogP contribution is -2.46. The second-order valence-corrected chi connectivity index (χ2v) is 14.4. The largest absolute Gasteiger partial charge is 0.507 e. The number of allylic oxidation sites excluding steroid dienone is 3. The minimum Gasteiger partial charge on any atom is -0.507 e. The molecule has 1 spiro atoms. The van der Waals surface area contributed by atoms with Gasteiger partial charge in [-0.25, -0.2) is 4.79 Å². The SMILES string of the molecule is CO[C@H]1/C=C/O[C@@]2(C)Oc3c(C)c(O)c4c(c3C2=O)[C@]2(C=C(NC(=O)/C(C)=C\C=C\[C@H](C)[C@H](O)[C@@H](C)[C@@H](O)[C@@H](C)[C@H](OC(C)=O)[C@@H]1C)C4=O)OCC(=O)O2. The quantitative estimate of drug-likeness (QED) is 0.320. The maximum atomic E-state index is 14.3. The molecule has 292 valence electrons. The number of fused-ring (bicyclic) bond motifs is 13. The van der Waals surface area contributed by atoms with E-state index in [4.69, 9.17) is 28.4 Å². The summed E-state index contributed by atoms with van der Waals surface area (Å²) in [6.07, 6.45) is 4.41. The number of hydrogen-bond donors (Lipinski definition) is 4. The molecule has 15 heteroatoms. The van der Waals surface area contributed by atoms with Crippen molar-refractivity contribution in [2.45, 2.75) is 91.4 Å². The van der Waals surface area contributed by atoms with E-state index in [0.717, 1.165) is 12.3 Å². The molecule has 1 amide bonds. The summed E-state index contributed by atoms with van der Waals surface area (Å²) < 4.78 is 34.8. The van der Waals surface area contributed by atoms with Crippen LogP contribution < -0.4 is 10.1 Å². The van der Waals surface area contributed by atoms with E-state index in [9.17, 15) is 39.3 Å². The number of amides is 1. The monoisotopic (exact) mass is 753 g/mol. The molecule has 54 heavy (non-hydrogen) atoms. The van der Waals surface area contributed by atoms with Gasteiger partial charge in [0.05, 0.1) is 47.0 Å². The number of aliphatic hydroxyl groups excluding tert-OH is 2. The van der Waals surface area contributed by atoms with E-state index in [0.29, 0.717) is 0 Å². The van der Waals surface area contributed by atoms with Crippen LogP contribution in [0.5, 0.6) is 11.5 Å². The first-order chi connectivity index (χ1) is 25.3. The van der Waals surface area contributed by atoms with Gasteiger partial charge < -0.3 is 49.1 Å². The molecule has 4 heterocycles. The molecule has 0 unspecified atom stereocenters. The number of methoxy groups -OCH3 is 1. The van der Waals surface area contributed by atoms with Crippen LogP contribution in [0.15, 0.2) is 47.9 Å². The van der Waals surface area contributed by atoms with E-state index in [1.54, 1.807) is 39.8 Å². The number of benzene rings is 1. The lowest BCUT2D eigenvalue weighted by atomic mass is 9.78. The molecule has 1 saturated heterocycles. The minimum absolute atomic E-state index is 0.00812. The maximum absolute atomic E-state index is 14.3. The van der Waals surface area contributed by atoms with Gasteiger partial charge in [-0.1, -0.05) is 45.9 Å². The van der Waals surface area contributed by atoms with Gasteiger partial charge in [0.25, 0.3) is 17.5 Å². The summed E-state index contributed by atoms with van der Waals surface area (Å²) in [5, 5.41) is 36.6. The number of phenolic OH excluding ortho intramolecular Hbond substituents is 1. The number of ether oxygens (including phenoxy) is 6. The van der Waals surface area contributed by atoms with E-state index in [1.165, 1.54) is 47.0 Å². The van der Waals surface area contributed by atoms with E-state index in [2.05, 4.69) is 5.32 Å². The molecule has 1 fully saturated rings. The highest BCUT2D eigenvalue weighted by Crippen LogP contribution is 2.53. The fourth-order valence-electron chi connectivity index (χ4n) is 7.37. The van der Waals surface area contributed by atoms with Crippen molar-refractivity contribution < 1.29 is 67.7 Å². The van der Waals surface area contributed by atoms with Crippen LogP contribution >= 0.6 is 0 Å². The third-order valence-electron chi connectivity index (χ3n) is 10.6. The third kappa shape index (κ3) is 7.08. The van der Waals surface area contributed by atoms with Crippen LogP contribution in [0.2, 0.25) is 0 Å². The number of rotatable bonds is 2. The van der Waals surface area contributed by atoms with Crippen LogP contribution in [-0.2, 0) is 43.9 Å². The first kappa shape index (κ1) is 40.4. The number of nitrogens with one attached hydrogen (secondary N) is 1. The highest BCUT2D eigenvalue weighted by molar-refractivity contribution is 6.19. The van der Waals surface area contributed by atoms with Crippen molar-refractivity contribution in [3.63, 3.8) is 0 Å². The van der Waals surface area contributed by atoms with Crippen molar-refractivity contribution in [3.05, 3.63) is 70.2 Å². The van der Waals surface area contributed by atoms with Gasteiger partial charge in [-0.05, 0) is 19.9 Å². The summed E-state index contributed by atoms with van der Waals surface area (Å²) in [6, 6.07) is 0. The van der Waals surface area contributed by atoms with Crippen LogP contribution in [0, 0.1) is 30.6 Å². The standard InChI is InChI=1S/C39H47NO14/c1-17-11-10-12-18(2)37(48)40-24-15-39(51-16-26(42)53-39)29-27(33(24)46)32(45)22(6)35-28(29)36(47)38(8,54-35)50-14-13-25(49-9)19(3)34(52-23(7)41)21(5)31(44)20(4)30(17)43/h10-15,17,19-21,25,30-31,34,43-45H,16H2,1-9H3,(H,40,48)/b11-10+,14-13+,18-12-/t17-,19+,20+,21+,25-,30-,31+,34+,38-,39+/m0/s1. The molecular formula is C39H47NO14. The molecule has 15 nitrogen and oxygen atoms in total. The summed E-state index contributed by atoms with van der Waals surface area (Å²) in [6.45, 7) is 11.7. The fourth-order valence-corrected chi connectivity index (χ4v) is 7.37. The highest BCUT2D eigenvalue weighted by Gasteiger charge is 2.58. The number of aliphatic hydroxyl groups is 2. The molecule has 0 saturated carbocycles. The Kier molecular flexibility index (Phi) is 11.3. The first-order valence-electron chi connectivity index (χ1n) is 17.6. The van der Waals surface area contributed by atoms with E-state index >= 15 is 0 Å². The number of esters is 2. The summed E-state index contributed by atoms with van der Waals surface area (Å²) >= 11 is 0. The number of hydrogen-bond acceptors (Lipinski definition) is 14. The Labute approximate surface area is 312 Å². The van der Waals surface area contributed by atoms with Crippen molar-refractivity contribution in [1.29, 1.82) is 0 Å². The highest BCUT2D eigenvalue weighted by atomic mass is 16.8. The smallest absolute Gasteiger partial charge is 0.335 e. The van der Waals surface area contributed by atoms with Gasteiger partial charge in [0.1, 0.15) is 24.2 Å². The van der Waals surface area contributed by atoms with Gasteiger partial charge in [-0.15, -0.1) is 0 Å². The number of aromatic hydroxyl groups is 1. The number of phenols is 1. The Morgan fingerprint density at radius 1 is 0.963 bits per heavy atom. The minimum atomic E-state index is -2.21. The zero-order valence-electron chi connectivity index (χ0n) is 31.6. The van der Waals surface area contributed by atoms with E-state index < -0.39 is 107 Å². The summed E-state index contributed by atoms with van der Waals surface area (Å²) in [4.78, 5) is 66.6. The fraction of sp³-hybridized carbons (Fsp3) is 0.513. The maximum Gasteiger partial charge on any atom is 0.335 e. The molecule has 0 aromatic heterocycles. The normalized spacial score (nSPS) is 36.6. The van der Waals surface area contributed by atoms with Crippen LogP contribution in [-0.4, -0.2) is 88.7 Å². The Bertz CT molecular complexity index is 1880. The van der Waals surface area contributed by atoms with Crippen molar-refractivity contribution in [2.24, 2.45) is 23.7 Å². The second kappa shape index (κ2) is 15.1. The zero-order chi connectivity index (χ0) is 40.0. The average Bonchev–Trinajstić information content (AvgIpc) is 3.62. The molecule has 1 aliphatic carbocycles. The van der Waals surface area contributed by atoms with Crippen LogP contribution in [0.3, 0.4) is 0 Å². The molecule has 1 aromatic rings. The van der Waals surface area contributed by atoms with Crippen LogP contribution in [0.1, 0.15) is 80.3 Å². The van der Waals surface area contributed by atoms with Gasteiger partial charge in [-0.2, -0.15) is 0 Å². The Balaban J connectivity index is 1.66. The van der Waals surface area contributed by atoms with Crippen molar-refractivity contribution >= 4 is 29.4 Å². The molecule has 10 atom stereocenters. The first-order valence-corrected chi connectivity index (χ1v) is 17.6. The molecular weight excluding hydrogens is 706 g/mol. The van der Waals surface area contributed by atoms with Gasteiger partial charge in [-0.3, -0.25) is 19.2 Å². The second-order valence-electron chi connectivity index (χ2n) is 14.4. The molecule has 4 N–H and O–H groups in total. The Morgan fingerprint density at radius 2 is 1.65 bits per heavy atom. The van der Waals surface area contributed by atoms with Crippen molar-refractivity contribution in [1.82, 2.24) is 5.32 Å². The average molecular weight is 754 g/mol. The van der Waals surface area contributed by atoms with Gasteiger partial charge in [0.2, 0.25) is 5.78 Å². The summed E-state index contributed by atoms with van der Waals surface area (Å²) in [5.74, 6) is -11.4. The molecule has 0 radical (unpaired) electrons. The molecule has 6 rings (SSSR count). The van der Waals surface area contributed by atoms with Gasteiger partial charge in [0, 0.05) is 61.8 Å². The molecule has 4 aliphatic heterocycles. The Morgan fingerprint density at radius 3 is 2.26 bits per heavy atom. The van der Waals surface area contributed by atoms with E-state index in [-0.39, 0.29) is 33.7 Å². The number of carbonyl (C=O) groups excluding carboxylic acids is 5. The summed E-state index contributed by atoms with van der Waals surface area (Å²) in [7, 11) is 1.42. The summed E-state index contributed by atoms with van der Waals surface area (Å²) in [5.41, 5.74) is -1.23. The topological polar surface area (TPSA) is 213 Å². The Hall–Kier alpha value is -4.83. The molecule has 1 aromatic carbocycles. The van der Waals surface area contributed by atoms with Crippen molar-refractivity contribution in [2.75, 3.05) is 13.7 Å². The zero-order valence-corrected chi connectivity index (χ0v) is 31.6. The van der Waals surface area contributed by atoms with E-state index in [1.807, 2.05) is 0 Å². The molecule has 5 bridgehead atoms. The van der Waals surface area contributed by atoms with Gasteiger partial charge in [0.15, 0.2) is 0 Å². The predicted molar refractivity (Wildman–Crippen MR) is 189 cm³/mol. The predicted octanol–water partition coefficient (Wildman–Crippen LogP) is 3.17.